The summed E-state index contributed by atoms with van der Waals surface area (Å²) in [4.78, 5) is 48.3. The van der Waals surface area contributed by atoms with Gasteiger partial charge in [0, 0.05) is 25.0 Å². The summed E-state index contributed by atoms with van der Waals surface area (Å²) in [6.45, 7) is 3.49. The van der Waals surface area contributed by atoms with Gasteiger partial charge in [-0.05, 0) is 26.0 Å². The molecule has 0 fully saturated rings. The molecule has 0 aliphatic rings. The van der Waals surface area contributed by atoms with Crippen molar-refractivity contribution < 1.29 is 58.7 Å². The van der Waals surface area contributed by atoms with Crippen LogP contribution in [0.2, 0.25) is 0 Å². The predicted molar refractivity (Wildman–Crippen MR) is 95.7 cm³/mol. The molecule has 2 aromatic rings. The number of ketones is 1. The molecule has 2 atom stereocenters. The minimum atomic E-state index is -3.51. The average Bonchev–Trinajstić information content (AvgIpc) is 2.67. The number of carboxylic acid groups (broad SMARTS) is 1. The van der Waals surface area contributed by atoms with Crippen LogP contribution in [0.1, 0.15) is 31.8 Å². The van der Waals surface area contributed by atoms with Crippen LogP contribution in [0.5, 0.6) is 0 Å². The average molecular weight is 452 g/mol. The monoisotopic (exact) mass is 450 g/mol. The van der Waals surface area contributed by atoms with Crippen molar-refractivity contribution in [3.05, 3.63) is 70.8 Å². The molecule has 0 saturated heterocycles. The van der Waals surface area contributed by atoms with E-state index in [1.807, 2.05) is 0 Å². The molecule has 0 spiro atoms. The van der Waals surface area contributed by atoms with Gasteiger partial charge in [0.2, 0.25) is 5.78 Å². The summed E-state index contributed by atoms with van der Waals surface area (Å²) in [6, 6.07) is 11.3. The first-order valence-corrected chi connectivity index (χ1v) is 8.15. The van der Waals surface area contributed by atoms with Gasteiger partial charge >= 0.3 is 17.9 Å². The maximum absolute atomic E-state index is 12.6. The number of carbonyl (C=O) groups excluding carboxylic acids is 3. The van der Waals surface area contributed by atoms with Crippen molar-refractivity contribution in [2.75, 3.05) is 0 Å². The van der Waals surface area contributed by atoms with Gasteiger partial charge in [-0.2, -0.15) is 0 Å². The minimum Gasteiger partial charge on any atom is -0.479 e. The molecular formula is C20H18O8Zn. The van der Waals surface area contributed by atoms with Crippen LogP contribution in [-0.2, 0) is 33.8 Å². The summed E-state index contributed by atoms with van der Waals surface area (Å²) < 4.78 is 4.51. The smallest absolute Gasteiger partial charge is 0.357 e. The van der Waals surface area contributed by atoms with E-state index in [9.17, 15) is 29.4 Å². The number of aliphatic carboxylic acids is 1. The maximum Gasteiger partial charge on any atom is 0.357 e. The van der Waals surface area contributed by atoms with E-state index in [1.165, 1.54) is 36.4 Å². The maximum atomic E-state index is 12.6. The quantitative estimate of drug-likeness (QED) is 0.256. The van der Waals surface area contributed by atoms with Gasteiger partial charge in [0.1, 0.15) is 0 Å². The van der Waals surface area contributed by atoms with Crippen LogP contribution in [0.3, 0.4) is 0 Å². The second-order valence-electron chi connectivity index (χ2n) is 6.25. The van der Waals surface area contributed by atoms with Crippen LogP contribution in [0.4, 0.5) is 0 Å². The third kappa shape index (κ3) is 5.20. The number of Topliss-reactive ketones (excluding diaryl/α,β-unsaturated/α-hetero) is 1. The molecule has 29 heavy (non-hydrogen) atoms. The molecule has 0 heterocycles. The van der Waals surface area contributed by atoms with E-state index < -0.39 is 35.4 Å². The number of esters is 2. The van der Waals surface area contributed by atoms with E-state index in [0.29, 0.717) is 0 Å². The zero-order valence-corrected chi connectivity index (χ0v) is 18.8. The second kappa shape index (κ2) is 9.65. The number of aryl methyl sites for hydroxylation is 2. The Bertz CT molecular complexity index is 921. The number of hydrogen-bond donors (Lipinski definition) is 3. The van der Waals surface area contributed by atoms with Gasteiger partial charge in [-0.15, -0.1) is 0 Å². The Balaban J connectivity index is 0.00000420. The standard InChI is InChI=1S/C20H18O8.Zn/c1-11-3-7-13(8-4-11)15(21)20(27,16(22)17(23)24)19(26)28-18(25)14-9-5-12(2)6-10-14;/h3-10,16,22,27H,1-2H3,(H,23,24);. The molecule has 148 valence electrons. The fraction of sp³-hybridized carbons (Fsp3) is 0.200. The SMILES string of the molecule is Cc1ccc(C(=O)OC(=O)C(O)(C(=O)c2ccc(C)cc2)C(O)C(=O)O)cc1.[Zn]. The molecule has 8 nitrogen and oxygen atoms in total. The molecular weight excluding hydrogens is 434 g/mol. The first kappa shape index (κ1) is 24.3. The van der Waals surface area contributed by atoms with Crippen molar-refractivity contribution in [1.82, 2.24) is 0 Å². The van der Waals surface area contributed by atoms with Crippen molar-refractivity contribution in [2.45, 2.75) is 25.6 Å². The Hall–Kier alpha value is -2.74. The summed E-state index contributed by atoms with van der Waals surface area (Å²) >= 11 is 0. The molecule has 2 aromatic carbocycles. The molecule has 0 bridgehead atoms. The van der Waals surface area contributed by atoms with E-state index in [-0.39, 0.29) is 30.6 Å². The summed E-state index contributed by atoms with van der Waals surface area (Å²) in [5.74, 6) is -6.55. The molecule has 0 aromatic heterocycles. The first-order valence-electron chi connectivity index (χ1n) is 8.15. The largest absolute Gasteiger partial charge is 0.479 e. The fourth-order valence-corrected chi connectivity index (χ4v) is 2.34. The molecule has 9 heteroatoms. The number of rotatable bonds is 6. The van der Waals surface area contributed by atoms with Gasteiger partial charge in [-0.3, -0.25) is 4.79 Å². The van der Waals surface area contributed by atoms with Gasteiger partial charge in [-0.25, -0.2) is 14.4 Å². The Labute approximate surface area is 178 Å². The second-order valence-corrected chi connectivity index (χ2v) is 6.25. The Morgan fingerprint density at radius 2 is 1.28 bits per heavy atom. The van der Waals surface area contributed by atoms with Crippen molar-refractivity contribution in [1.29, 1.82) is 0 Å². The zero-order valence-electron chi connectivity index (χ0n) is 15.8. The van der Waals surface area contributed by atoms with E-state index in [4.69, 9.17) is 5.11 Å². The van der Waals surface area contributed by atoms with Gasteiger partial charge in [0.15, 0.2) is 6.10 Å². The summed E-state index contributed by atoms with van der Waals surface area (Å²) in [6.07, 6.45) is -2.85. The summed E-state index contributed by atoms with van der Waals surface area (Å²) in [7, 11) is 0. The topological polar surface area (TPSA) is 138 Å². The van der Waals surface area contributed by atoms with Gasteiger partial charge in [0.25, 0.3) is 5.60 Å². The number of aliphatic hydroxyl groups excluding tert-OH is 1. The molecule has 3 N–H and O–H groups in total. The van der Waals surface area contributed by atoms with Crippen molar-refractivity contribution >= 4 is 23.7 Å². The predicted octanol–water partition coefficient (Wildman–Crippen LogP) is 1.04. The van der Waals surface area contributed by atoms with Gasteiger partial charge < -0.3 is 20.1 Å². The summed E-state index contributed by atoms with van der Waals surface area (Å²) in [5, 5.41) is 29.4. The Kier molecular flexibility index (Phi) is 8.08. The number of carbonyl (C=O) groups is 4. The number of hydrogen-bond acceptors (Lipinski definition) is 7. The third-order valence-corrected chi connectivity index (χ3v) is 4.07. The number of aliphatic hydroxyl groups is 2. The van der Waals surface area contributed by atoms with E-state index in [1.54, 1.807) is 26.0 Å². The van der Waals surface area contributed by atoms with Crippen LogP contribution in [0, 0.1) is 13.8 Å². The zero-order chi connectivity index (χ0) is 21.1. The molecule has 2 unspecified atom stereocenters. The molecule has 0 aliphatic carbocycles. The van der Waals surface area contributed by atoms with E-state index in [2.05, 4.69) is 4.74 Å². The van der Waals surface area contributed by atoms with Crippen LogP contribution >= 0.6 is 0 Å². The van der Waals surface area contributed by atoms with Crippen molar-refractivity contribution in [3.63, 3.8) is 0 Å². The minimum absolute atomic E-state index is 0. The fourth-order valence-electron chi connectivity index (χ4n) is 2.34. The number of carboxylic acids is 1. The third-order valence-electron chi connectivity index (χ3n) is 4.07. The van der Waals surface area contributed by atoms with Crippen molar-refractivity contribution in [3.8, 4) is 0 Å². The van der Waals surface area contributed by atoms with Crippen molar-refractivity contribution in [2.24, 2.45) is 0 Å². The Morgan fingerprint density at radius 1 is 0.862 bits per heavy atom. The van der Waals surface area contributed by atoms with Crippen LogP contribution in [0.15, 0.2) is 48.5 Å². The van der Waals surface area contributed by atoms with Crippen LogP contribution in [-0.4, -0.2) is 50.7 Å². The molecule has 0 radical (unpaired) electrons. The van der Waals surface area contributed by atoms with Gasteiger partial charge in [0.05, 0.1) is 5.56 Å². The van der Waals surface area contributed by atoms with Crippen LogP contribution < -0.4 is 0 Å². The Morgan fingerprint density at radius 3 is 1.69 bits per heavy atom. The summed E-state index contributed by atoms with van der Waals surface area (Å²) in [5.41, 5.74) is -2.23. The van der Waals surface area contributed by atoms with E-state index in [0.717, 1.165) is 11.1 Å². The normalized spacial score (nSPS) is 13.4. The van der Waals surface area contributed by atoms with Gasteiger partial charge in [-0.1, -0.05) is 47.5 Å². The molecule has 0 aliphatic heterocycles. The number of benzene rings is 2. The molecule has 2 rings (SSSR count). The van der Waals surface area contributed by atoms with Crippen LogP contribution in [0.25, 0.3) is 0 Å². The molecule has 0 saturated carbocycles. The molecule has 0 amide bonds. The number of ether oxygens (including phenoxy) is 1. The first-order chi connectivity index (χ1) is 13.1. The van der Waals surface area contributed by atoms with E-state index >= 15 is 0 Å².